The maximum atomic E-state index is 5.70. The molecule has 0 radical (unpaired) electrons. The van der Waals surface area contributed by atoms with Gasteiger partial charge in [0, 0.05) is 20.1 Å². The summed E-state index contributed by atoms with van der Waals surface area (Å²) < 4.78 is 5.70. The van der Waals surface area contributed by atoms with Crippen molar-refractivity contribution in [2.24, 2.45) is 0 Å². The molecule has 118 valence electrons. The third-order valence-corrected chi connectivity index (χ3v) is 3.69. The summed E-state index contributed by atoms with van der Waals surface area (Å²) in [6, 6.07) is 0.437. The van der Waals surface area contributed by atoms with Crippen LogP contribution in [0.4, 0.5) is 11.9 Å². The molecule has 0 saturated carbocycles. The summed E-state index contributed by atoms with van der Waals surface area (Å²) in [4.78, 5) is 15.4. The van der Waals surface area contributed by atoms with E-state index in [0.717, 1.165) is 25.5 Å². The van der Waals surface area contributed by atoms with Gasteiger partial charge in [0.2, 0.25) is 11.9 Å². The third kappa shape index (κ3) is 5.02. The van der Waals surface area contributed by atoms with E-state index in [0.29, 0.717) is 18.6 Å². The van der Waals surface area contributed by atoms with E-state index in [1.165, 1.54) is 38.5 Å². The number of ether oxygens (including phenoxy) is 1. The van der Waals surface area contributed by atoms with Crippen LogP contribution in [-0.2, 0) is 0 Å². The Labute approximate surface area is 127 Å². The van der Waals surface area contributed by atoms with Gasteiger partial charge in [0.15, 0.2) is 0 Å². The summed E-state index contributed by atoms with van der Waals surface area (Å²) in [7, 11) is 1.82. The Morgan fingerprint density at radius 1 is 1.05 bits per heavy atom. The van der Waals surface area contributed by atoms with Crippen molar-refractivity contribution in [2.75, 3.05) is 37.0 Å². The molecule has 0 bridgehead atoms. The lowest BCUT2D eigenvalue weighted by atomic mass is 10.1. The summed E-state index contributed by atoms with van der Waals surface area (Å²) in [5.41, 5.74) is 0. The van der Waals surface area contributed by atoms with Crippen LogP contribution in [-0.4, -0.2) is 41.7 Å². The zero-order chi connectivity index (χ0) is 14.9. The molecular formula is C15H27N5O. The number of hydrogen-bond donors (Lipinski definition) is 1. The van der Waals surface area contributed by atoms with E-state index >= 15 is 0 Å². The zero-order valence-corrected chi connectivity index (χ0v) is 13.3. The van der Waals surface area contributed by atoms with Gasteiger partial charge in [-0.1, -0.05) is 26.2 Å². The van der Waals surface area contributed by atoms with Gasteiger partial charge < -0.3 is 15.0 Å². The quantitative estimate of drug-likeness (QED) is 0.744. The average molecular weight is 293 g/mol. The van der Waals surface area contributed by atoms with E-state index in [4.69, 9.17) is 4.74 Å². The van der Waals surface area contributed by atoms with Gasteiger partial charge >= 0.3 is 6.01 Å². The third-order valence-electron chi connectivity index (χ3n) is 3.69. The van der Waals surface area contributed by atoms with Crippen molar-refractivity contribution in [3.63, 3.8) is 0 Å². The molecule has 6 nitrogen and oxygen atoms in total. The molecule has 1 N–H and O–H groups in total. The Bertz CT molecular complexity index is 421. The topological polar surface area (TPSA) is 63.2 Å². The largest absolute Gasteiger partial charge is 0.463 e. The molecule has 0 amide bonds. The first-order valence-corrected chi connectivity index (χ1v) is 8.15. The highest BCUT2D eigenvalue weighted by Gasteiger charge is 2.16. The molecule has 1 fully saturated rings. The zero-order valence-electron chi connectivity index (χ0n) is 13.3. The van der Waals surface area contributed by atoms with Crippen molar-refractivity contribution in [1.29, 1.82) is 0 Å². The number of hydrogen-bond acceptors (Lipinski definition) is 6. The van der Waals surface area contributed by atoms with Crippen molar-refractivity contribution in [2.45, 2.75) is 51.9 Å². The van der Waals surface area contributed by atoms with Gasteiger partial charge in [-0.25, -0.2) is 0 Å². The van der Waals surface area contributed by atoms with Gasteiger partial charge in [0.1, 0.15) is 0 Å². The number of aromatic nitrogens is 3. The second-order valence-corrected chi connectivity index (χ2v) is 5.45. The Hall–Kier alpha value is -1.59. The van der Waals surface area contributed by atoms with Gasteiger partial charge in [-0.05, 0) is 25.7 Å². The minimum absolute atomic E-state index is 0.437. The van der Waals surface area contributed by atoms with Crippen LogP contribution in [0.15, 0.2) is 0 Å². The summed E-state index contributed by atoms with van der Waals surface area (Å²) in [5, 5.41) is 2.99. The highest BCUT2D eigenvalue weighted by Crippen LogP contribution is 2.19. The van der Waals surface area contributed by atoms with Crippen LogP contribution < -0.4 is 15.0 Å². The number of anilines is 2. The number of nitrogens with zero attached hydrogens (tertiary/aromatic N) is 4. The molecule has 1 aliphatic heterocycles. The minimum atomic E-state index is 0.437. The van der Waals surface area contributed by atoms with Gasteiger partial charge in [-0.2, -0.15) is 15.0 Å². The predicted molar refractivity (Wildman–Crippen MR) is 85.1 cm³/mol. The molecule has 1 aromatic heterocycles. The Kier molecular flexibility index (Phi) is 6.50. The van der Waals surface area contributed by atoms with E-state index in [1.807, 2.05) is 7.05 Å². The van der Waals surface area contributed by atoms with Crippen molar-refractivity contribution in [1.82, 2.24) is 15.0 Å². The lowest BCUT2D eigenvalue weighted by Crippen LogP contribution is -2.31. The lowest BCUT2D eigenvalue weighted by Gasteiger charge is -2.26. The van der Waals surface area contributed by atoms with E-state index in [1.54, 1.807) is 0 Å². The standard InChI is InChI=1S/C15H27N5O/c1-3-4-5-9-12-21-15-18-13(16-2)17-14(19-15)20-10-7-6-8-11-20/h3-12H2,1-2H3,(H,16,17,18,19). The molecule has 1 saturated heterocycles. The summed E-state index contributed by atoms with van der Waals surface area (Å²) in [6.45, 7) is 4.91. The molecule has 0 aliphatic carbocycles. The molecule has 0 spiro atoms. The van der Waals surface area contributed by atoms with Gasteiger partial charge in [0.25, 0.3) is 0 Å². The van der Waals surface area contributed by atoms with E-state index < -0.39 is 0 Å². The molecule has 1 aliphatic rings. The van der Waals surface area contributed by atoms with Gasteiger partial charge in [-0.3, -0.25) is 0 Å². The Morgan fingerprint density at radius 3 is 2.57 bits per heavy atom. The highest BCUT2D eigenvalue weighted by molar-refractivity contribution is 5.38. The first kappa shape index (κ1) is 15.8. The van der Waals surface area contributed by atoms with Crippen molar-refractivity contribution in [3.8, 4) is 6.01 Å². The van der Waals surface area contributed by atoms with Crippen molar-refractivity contribution >= 4 is 11.9 Å². The fourth-order valence-corrected chi connectivity index (χ4v) is 2.45. The summed E-state index contributed by atoms with van der Waals surface area (Å²) >= 11 is 0. The van der Waals surface area contributed by atoms with Crippen LogP contribution in [0.25, 0.3) is 0 Å². The number of nitrogens with one attached hydrogen (secondary N) is 1. The fourth-order valence-electron chi connectivity index (χ4n) is 2.45. The monoisotopic (exact) mass is 293 g/mol. The summed E-state index contributed by atoms with van der Waals surface area (Å²) in [6.07, 6.45) is 8.42. The fraction of sp³-hybridized carbons (Fsp3) is 0.800. The number of rotatable bonds is 8. The predicted octanol–water partition coefficient (Wildman–Crippen LogP) is 2.86. The highest BCUT2D eigenvalue weighted by atomic mass is 16.5. The molecular weight excluding hydrogens is 266 g/mol. The number of piperidine rings is 1. The molecule has 0 aromatic carbocycles. The first-order chi connectivity index (χ1) is 10.3. The second-order valence-electron chi connectivity index (χ2n) is 5.45. The SMILES string of the molecule is CCCCCCOc1nc(NC)nc(N2CCCCC2)n1. The van der Waals surface area contributed by atoms with Crippen molar-refractivity contribution in [3.05, 3.63) is 0 Å². The molecule has 1 aromatic rings. The lowest BCUT2D eigenvalue weighted by molar-refractivity contribution is 0.281. The van der Waals surface area contributed by atoms with Crippen LogP contribution in [0.1, 0.15) is 51.9 Å². The Balaban J connectivity index is 1.96. The normalized spacial score (nSPS) is 15.0. The molecule has 6 heteroatoms. The maximum Gasteiger partial charge on any atom is 0.323 e. The Morgan fingerprint density at radius 2 is 1.86 bits per heavy atom. The van der Waals surface area contributed by atoms with Crippen LogP contribution in [0, 0.1) is 0 Å². The van der Waals surface area contributed by atoms with Gasteiger partial charge in [-0.15, -0.1) is 0 Å². The average Bonchev–Trinajstić information content (AvgIpc) is 2.55. The molecule has 2 rings (SSSR count). The first-order valence-electron chi connectivity index (χ1n) is 8.15. The minimum Gasteiger partial charge on any atom is -0.463 e. The second kappa shape index (κ2) is 8.64. The maximum absolute atomic E-state index is 5.70. The molecule has 21 heavy (non-hydrogen) atoms. The molecule has 2 heterocycles. The van der Waals surface area contributed by atoms with Crippen LogP contribution in [0.5, 0.6) is 6.01 Å². The number of unbranched alkanes of at least 4 members (excludes halogenated alkanes) is 3. The van der Waals surface area contributed by atoms with Crippen molar-refractivity contribution < 1.29 is 4.74 Å². The smallest absolute Gasteiger partial charge is 0.323 e. The molecule has 0 unspecified atom stereocenters. The van der Waals surface area contributed by atoms with E-state index in [2.05, 4.69) is 32.1 Å². The van der Waals surface area contributed by atoms with Crippen LogP contribution in [0.3, 0.4) is 0 Å². The van der Waals surface area contributed by atoms with E-state index in [9.17, 15) is 0 Å². The van der Waals surface area contributed by atoms with Crippen LogP contribution in [0.2, 0.25) is 0 Å². The molecule has 0 atom stereocenters. The summed E-state index contributed by atoms with van der Waals surface area (Å²) in [5.74, 6) is 1.31. The van der Waals surface area contributed by atoms with E-state index in [-0.39, 0.29) is 0 Å². The van der Waals surface area contributed by atoms with Crippen LogP contribution >= 0.6 is 0 Å². The van der Waals surface area contributed by atoms with Gasteiger partial charge in [0.05, 0.1) is 6.61 Å².